The van der Waals surface area contributed by atoms with Crippen LogP contribution in [0.4, 0.5) is 0 Å². The molecule has 1 aromatic rings. The summed E-state index contributed by atoms with van der Waals surface area (Å²) in [6.07, 6.45) is 3.15. The maximum Gasteiger partial charge on any atom is 0.255 e. The smallest absolute Gasteiger partial charge is 0.255 e. The Morgan fingerprint density at radius 1 is 1.13 bits per heavy atom. The van der Waals surface area contributed by atoms with Gasteiger partial charge in [-0.1, -0.05) is 31.4 Å². The van der Waals surface area contributed by atoms with E-state index >= 15 is 0 Å². The number of phenols is 1. The average molecular weight is 543 g/mol. The fraction of sp³-hybridized carbons (Fsp3) is 0.536. The number of carbonyl (C=O) groups is 3. The predicted molar refractivity (Wildman–Crippen MR) is 137 cm³/mol. The van der Waals surface area contributed by atoms with Crippen LogP contribution in [-0.2, 0) is 19.1 Å². The molecule has 0 unspecified atom stereocenters. The molecule has 0 radical (unpaired) electrons. The Bertz CT molecular complexity index is 1300. The van der Waals surface area contributed by atoms with Gasteiger partial charge in [0.15, 0.2) is 11.4 Å². The number of hydrogen-bond donors (Lipinski definition) is 6. The summed E-state index contributed by atoms with van der Waals surface area (Å²) in [4.78, 5) is 41.0. The van der Waals surface area contributed by atoms with E-state index in [0.29, 0.717) is 5.56 Å². The van der Waals surface area contributed by atoms with Crippen molar-refractivity contribution < 1.29 is 44.7 Å². The van der Waals surface area contributed by atoms with Gasteiger partial charge in [0.05, 0.1) is 36.3 Å². The number of ketones is 2. The Morgan fingerprint density at radius 2 is 1.79 bits per heavy atom. The van der Waals surface area contributed by atoms with E-state index in [4.69, 9.17) is 10.5 Å². The van der Waals surface area contributed by atoms with Gasteiger partial charge in [0, 0.05) is 17.4 Å². The number of ether oxygens (including phenoxy) is 1. The molecular formula is C28H34N2O9. The summed E-state index contributed by atoms with van der Waals surface area (Å²) < 4.78 is 6.25. The molecule has 1 amide bonds. The number of aromatic hydroxyl groups is 1. The number of primary amides is 1. The van der Waals surface area contributed by atoms with Crippen LogP contribution in [-0.4, -0.2) is 92.5 Å². The maximum absolute atomic E-state index is 14.1. The molecule has 39 heavy (non-hydrogen) atoms. The molecule has 0 aromatic heterocycles. The van der Waals surface area contributed by atoms with E-state index < -0.39 is 75.6 Å². The minimum absolute atomic E-state index is 0.0347. The number of aliphatic hydroxyl groups is 4. The highest BCUT2D eigenvalue weighted by Crippen LogP contribution is 2.56. The first-order chi connectivity index (χ1) is 18.4. The van der Waals surface area contributed by atoms with Gasteiger partial charge in [-0.2, -0.15) is 0 Å². The lowest BCUT2D eigenvalue weighted by molar-refractivity contribution is -0.170. The number of Topliss-reactive ketones (excluding diaryl/α,β-unsaturated/α-hetero) is 2. The number of nitrogens with zero attached hydrogens (tertiary/aromatic N) is 1. The number of phenolic OH excluding ortho intramolecular Hbond substituents is 1. The second-order valence-corrected chi connectivity index (χ2v) is 11.2. The van der Waals surface area contributed by atoms with Crippen molar-refractivity contribution in [1.29, 1.82) is 0 Å². The van der Waals surface area contributed by atoms with E-state index in [2.05, 4.69) is 0 Å². The first-order valence-electron chi connectivity index (χ1n) is 13.2. The van der Waals surface area contributed by atoms with Crippen molar-refractivity contribution in [3.8, 4) is 5.75 Å². The number of hydrogen-bond acceptors (Lipinski definition) is 10. The monoisotopic (exact) mass is 542 g/mol. The molecule has 7 N–H and O–H groups in total. The number of aliphatic hydroxyl groups excluding tert-OH is 3. The van der Waals surface area contributed by atoms with E-state index in [9.17, 15) is 39.9 Å². The van der Waals surface area contributed by atoms with Gasteiger partial charge in [0.25, 0.3) is 5.91 Å². The zero-order chi connectivity index (χ0) is 28.4. The second kappa shape index (κ2) is 9.74. The first kappa shape index (κ1) is 27.3. The molecule has 0 heterocycles. The molecule has 0 saturated heterocycles. The van der Waals surface area contributed by atoms with Gasteiger partial charge in [-0.3, -0.25) is 19.3 Å². The van der Waals surface area contributed by atoms with Crippen LogP contribution in [0.25, 0.3) is 5.76 Å². The highest BCUT2D eigenvalue weighted by Gasteiger charge is 2.68. The average Bonchev–Trinajstić information content (AvgIpc) is 2.88. The molecule has 210 valence electrons. The van der Waals surface area contributed by atoms with Crippen molar-refractivity contribution >= 4 is 23.2 Å². The Labute approximate surface area is 225 Å². The summed E-state index contributed by atoms with van der Waals surface area (Å²) in [5.41, 5.74) is 1.45. The third kappa shape index (κ3) is 3.90. The van der Waals surface area contributed by atoms with Crippen LogP contribution in [0, 0.1) is 11.8 Å². The quantitative estimate of drug-likeness (QED) is 0.290. The van der Waals surface area contributed by atoms with E-state index in [1.54, 1.807) is 12.1 Å². The van der Waals surface area contributed by atoms with Gasteiger partial charge < -0.3 is 36.0 Å². The molecule has 0 bridgehead atoms. The zero-order valence-corrected chi connectivity index (χ0v) is 21.8. The minimum Gasteiger partial charge on any atom is -0.508 e. The highest BCUT2D eigenvalue weighted by atomic mass is 16.5. The molecular weight excluding hydrogens is 508 g/mol. The Morgan fingerprint density at radius 3 is 2.41 bits per heavy atom. The van der Waals surface area contributed by atoms with Gasteiger partial charge in [-0.05, 0) is 38.6 Å². The molecule has 4 aliphatic carbocycles. The van der Waals surface area contributed by atoms with Crippen LogP contribution in [0.2, 0.25) is 0 Å². The normalized spacial score (nSPS) is 33.2. The number of carbonyl (C=O) groups excluding carboxylic acids is 3. The van der Waals surface area contributed by atoms with E-state index in [1.807, 2.05) is 0 Å². The lowest BCUT2D eigenvalue weighted by Gasteiger charge is -2.54. The van der Waals surface area contributed by atoms with Crippen molar-refractivity contribution in [3.05, 3.63) is 46.2 Å². The summed E-state index contributed by atoms with van der Waals surface area (Å²) >= 11 is 0. The number of rotatable bonds is 5. The number of likely N-dealkylation sites (N-methyl/N-ethyl adjacent to an activating group) is 1. The largest absolute Gasteiger partial charge is 0.508 e. The van der Waals surface area contributed by atoms with Gasteiger partial charge in [0.1, 0.15) is 22.8 Å². The third-order valence-electron chi connectivity index (χ3n) is 8.86. The molecule has 0 aliphatic heterocycles. The van der Waals surface area contributed by atoms with Gasteiger partial charge >= 0.3 is 0 Å². The number of nitrogens with two attached hydrogens (primary N) is 1. The molecule has 0 spiro atoms. The molecule has 2 saturated carbocycles. The maximum atomic E-state index is 14.1. The standard InChI is InChI=1S/C28H34N2O9/c1-30(2)21-20-23(33)17-14(11-39-12-7-4-3-5-8-12)13-9-6-10-15(31)16(13)22(32)18(17)25(35)28(20,38)26(36)19(24(21)34)27(29)37/h6,9-10,12,14,17,20-21,23,31-33,36,38H,3-5,7-8,11H2,1-2H3,(H2,29,37)/t14-,17+,20+,21-,23-,28-/m1/s1. The molecule has 11 nitrogen and oxygen atoms in total. The lowest BCUT2D eigenvalue weighted by Crippen LogP contribution is -2.70. The second-order valence-electron chi connectivity index (χ2n) is 11.2. The van der Waals surface area contributed by atoms with Crippen LogP contribution >= 0.6 is 0 Å². The van der Waals surface area contributed by atoms with Crippen molar-refractivity contribution in [2.24, 2.45) is 17.6 Å². The van der Waals surface area contributed by atoms with E-state index in [0.717, 1.165) is 32.1 Å². The van der Waals surface area contributed by atoms with Gasteiger partial charge in [-0.15, -0.1) is 0 Å². The summed E-state index contributed by atoms with van der Waals surface area (Å²) in [5.74, 6) is -9.22. The number of amides is 1. The lowest BCUT2D eigenvalue weighted by atomic mass is 9.54. The van der Waals surface area contributed by atoms with Crippen LogP contribution in [0.5, 0.6) is 5.75 Å². The van der Waals surface area contributed by atoms with Gasteiger partial charge in [0.2, 0.25) is 5.78 Å². The van der Waals surface area contributed by atoms with Crippen LogP contribution < -0.4 is 5.73 Å². The third-order valence-corrected chi connectivity index (χ3v) is 8.86. The first-order valence-corrected chi connectivity index (χ1v) is 13.2. The predicted octanol–water partition coefficient (Wildman–Crippen LogP) is 0.825. The SMILES string of the molecule is CN(C)[C@H]1C(=O)C(C(N)=O)=C(O)[C@]2(O)C(=O)C3=C(O)c4c(O)cccc4[C@@H](COC4CCCCC4)[C@@H]3[C@@H](O)[C@H]12. The van der Waals surface area contributed by atoms with Crippen molar-refractivity contribution in [3.63, 3.8) is 0 Å². The molecule has 4 aliphatic rings. The van der Waals surface area contributed by atoms with Crippen molar-refractivity contribution in [2.75, 3.05) is 20.7 Å². The summed E-state index contributed by atoms with van der Waals surface area (Å²) in [5, 5.41) is 56.7. The van der Waals surface area contributed by atoms with E-state index in [-0.39, 0.29) is 24.0 Å². The summed E-state index contributed by atoms with van der Waals surface area (Å²) in [6.45, 7) is 0.0347. The topological polar surface area (TPSA) is 191 Å². The summed E-state index contributed by atoms with van der Waals surface area (Å²) in [7, 11) is 2.95. The van der Waals surface area contributed by atoms with Crippen LogP contribution in [0.15, 0.2) is 35.1 Å². The zero-order valence-electron chi connectivity index (χ0n) is 21.8. The Hall–Kier alpha value is -3.25. The number of fused-ring (bicyclic) bond motifs is 3. The molecule has 1 aromatic carbocycles. The minimum atomic E-state index is -2.94. The van der Waals surface area contributed by atoms with Crippen molar-refractivity contribution in [1.82, 2.24) is 4.90 Å². The Kier molecular flexibility index (Phi) is 6.82. The molecule has 2 fully saturated rings. The molecule has 6 atom stereocenters. The van der Waals surface area contributed by atoms with Crippen LogP contribution in [0.3, 0.4) is 0 Å². The van der Waals surface area contributed by atoms with Crippen molar-refractivity contribution in [2.45, 2.75) is 61.9 Å². The van der Waals surface area contributed by atoms with E-state index in [1.165, 1.54) is 25.1 Å². The Balaban J connectivity index is 1.71. The summed E-state index contributed by atoms with van der Waals surface area (Å²) in [6, 6.07) is 3.17. The number of benzene rings is 1. The molecule has 11 heteroatoms. The fourth-order valence-corrected chi connectivity index (χ4v) is 7.06. The van der Waals surface area contributed by atoms with Gasteiger partial charge in [-0.25, -0.2) is 0 Å². The molecule has 5 rings (SSSR count). The highest BCUT2D eigenvalue weighted by molar-refractivity contribution is 6.24. The van der Waals surface area contributed by atoms with Crippen LogP contribution in [0.1, 0.15) is 49.1 Å². The fourth-order valence-electron chi connectivity index (χ4n) is 7.06.